The number of carbonyl (C=O) groups excluding carboxylic acids is 1. The van der Waals surface area contributed by atoms with Crippen LogP contribution in [-0.2, 0) is 4.74 Å². The van der Waals surface area contributed by atoms with Crippen LogP contribution in [0.2, 0.25) is 0 Å². The number of rotatable bonds is 7. The quantitative estimate of drug-likeness (QED) is 0.470. The fraction of sp³-hybridized carbons (Fsp3) is 0.947. The number of alkyl carbamates (subject to hydrolysis) is 1. The van der Waals surface area contributed by atoms with Crippen molar-refractivity contribution in [1.82, 2.24) is 5.32 Å². The largest absolute Gasteiger partial charge is 0.444 e. The highest BCUT2D eigenvalue weighted by molar-refractivity contribution is 5.67. The van der Waals surface area contributed by atoms with Gasteiger partial charge in [0.2, 0.25) is 6.54 Å². The molecule has 0 saturated carbocycles. The van der Waals surface area contributed by atoms with Gasteiger partial charge in [0.05, 0.1) is 0 Å². The molecule has 26 heavy (non-hydrogen) atoms. The monoisotopic (exact) mass is 379 g/mol. The second kappa shape index (κ2) is 25.9. The Labute approximate surface area is 161 Å². The van der Waals surface area contributed by atoms with Crippen molar-refractivity contribution in [2.75, 3.05) is 19.6 Å². The highest BCUT2D eigenvalue weighted by Gasteiger charge is 2.14. The van der Waals surface area contributed by atoms with Crippen molar-refractivity contribution in [3.05, 3.63) is 10.1 Å². The molecule has 0 saturated heterocycles. The van der Waals surface area contributed by atoms with Gasteiger partial charge in [-0.25, -0.2) is 4.79 Å². The van der Waals surface area contributed by atoms with Gasteiger partial charge in [0.1, 0.15) is 5.60 Å². The highest BCUT2D eigenvalue weighted by atomic mass is 16.6. The summed E-state index contributed by atoms with van der Waals surface area (Å²) >= 11 is 0. The smallest absolute Gasteiger partial charge is 0.407 e. The highest BCUT2D eigenvalue weighted by Crippen LogP contribution is 2.06. The molecule has 0 aromatic rings. The molecule has 0 spiro atoms. The van der Waals surface area contributed by atoms with Gasteiger partial charge in [-0.1, -0.05) is 47.5 Å². The molecule has 0 atom stereocenters. The molecule has 0 aliphatic carbocycles. The van der Waals surface area contributed by atoms with Gasteiger partial charge >= 0.3 is 6.09 Å². The van der Waals surface area contributed by atoms with Crippen LogP contribution in [0.1, 0.15) is 93.9 Å². The van der Waals surface area contributed by atoms with Crippen LogP contribution in [0.15, 0.2) is 0 Å². The maximum Gasteiger partial charge on any atom is 0.407 e. The molecule has 0 heterocycles. The lowest BCUT2D eigenvalue weighted by Gasteiger charge is -2.19. The standard InChI is InChI=1S/C8H17NO2.C4H9NO2.C4H11N.C3H8/c1-5-6-9-7(10)11-8(2,3)4;1-2-3-4-5(6)7;1-2-3-4-5;1-3-2/h5-6H2,1-4H3,(H,9,10);2-4H2,1H3;2-5H2,1H3;3H2,1-2H3. The van der Waals surface area contributed by atoms with Crippen LogP contribution in [0, 0.1) is 10.1 Å². The van der Waals surface area contributed by atoms with Gasteiger partial charge in [0.25, 0.3) is 0 Å². The van der Waals surface area contributed by atoms with Crippen molar-refractivity contribution in [3.63, 3.8) is 0 Å². The molecule has 0 aromatic heterocycles. The Morgan fingerprint density at radius 2 is 1.50 bits per heavy atom. The third-order valence-electron chi connectivity index (χ3n) is 2.17. The minimum atomic E-state index is -0.391. The molecule has 0 fully saturated rings. The molecular weight excluding hydrogens is 334 g/mol. The predicted molar refractivity (Wildman–Crippen MR) is 111 cm³/mol. The molecule has 0 bridgehead atoms. The maximum atomic E-state index is 10.9. The summed E-state index contributed by atoms with van der Waals surface area (Å²) in [7, 11) is 0. The number of ether oxygens (including phenoxy) is 1. The van der Waals surface area contributed by atoms with Gasteiger partial charge in [-0.3, -0.25) is 10.1 Å². The van der Waals surface area contributed by atoms with Gasteiger partial charge in [-0.15, -0.1) is 0 Å². The molecule has 7 nitrogen and oxygen atoms in total. The third-order valence-corrected chi connectivity index (χ3v) is 2.17. The minimum absolute atomic E-state index is 0.122. The normalized spacial score (nSPS) is 9.27. The lowest BCUT2D eigenvalue weighted by molar-refractivity contribution is -0.480. The number of hydrogen-bond acceptors (Lipinski definition) is 5. The number of nitrogens with two attached hydrogens (primary N) is 1. The number of hydrogen-bond donors (Lipinski definition) is 2. The first-order valence-corrected chi connectivity index (χ1v) is 9.84. The zero-order valence-electron chi connectivity index (χ0n) is 18.5. The Morgan fingerprint density at radius 1 is 1.04 bits per heavy atom. The van der Waals surface area contributed by atoms with Gasteiger partial charge in [0, 0.05) is 17.9 Å². The fourth-order valence-corrected chi connectivity index (χ4v) is 1.03. The van der Waals surface area contributed by atoms with E-state index in [0.717, 1.165) is 19.4 Å². The van der Waals surface area contributed by atoms with Crippen LogP contribution in [-0.4, -0.2) is 36.3 Å². The van der Waals surface area contributed by atoms with E-state index in [1.54, 1.807) is 0 Å². The Balaban J connectivity index is -0.000000139. The molecule has 0 unspecified atom stereocenters. The van der Waals surface area contributed by atoms with Crippen LogP contribution in [0.4, 0.5) is 4.79 Å². The van der Waals surface area contributed by atoms with E-state index in [0.29, 0.717) is 13.0 Å². The summed E-state index contributed by atoms with van der Waals surface area (Å²) in [5.41, 5.74) is 4.75. The Hall–Kier alpha value is -1.37. The predicted octanol–water partition coefficient (Wildman–Crippen LogP) is 5.15. The third kappa shape index (κ3) is 57.0. The molecule has 0 aliphatic rings. The maximum absolute atomic E-state index is 10.9. The Kier molecular flexibility index (Phi) is 32.1. The number of unbranched alkanes of at least 4 members (excludes halogenated alkanes) is 2. The molecule has 0 rings (SSSR count). The summed E-state index contributed by atoms with van der Waals surface area (Å²) in [6, 6.07) is 0. The average Bonchev–Trinajstić information content (AvgIpc) is 2.52. The first kappa shape index (κ1) is 32.3. The van der Waals surface area contributed by atoms with Gasteiger partial charge < -0.3 is 15.8 Å². The molecule has 0 aromatic carbocycles. The molecule has 7 heteroatoms. The summed E-state index contributed by atoms with van der Waals surface area (Å²) in [5.74, 6) is 0. The second-order valence-corrected chi connectivity index (χ2v) is 6.69. The van der Waals surface area contributed by atoms with E-state index in [2.05, 4.69) is 26.1 Å². The fourth-order valence-electron chi connectivity index (χ4n) is 1.03. The summed E-state index contributed by atoms with van der Waals surface area (Å²) < 4.78 is 4.99. The molecule has 0 radical (unpaired) electrons. The SMILES string of the molecule is CCC.CCCCN.CCCC[N+](=O)[O-].CCCNC(=O)OC(C)(C)C. The van der Waals surface area contributed by atoms with Crippen LogP contribution in [0.5, 0.6) is 0 Å². The van der Waals surface area contributed by atoms with E-state index in [4.69, 9.17) is 10.5 Å². The zero-order chi connectivity index (χ0) is 21.4. The van der Waals surface area contributed by atoms with Crippen molar-refractivity contribution in [1.29, 1.82) is 0 Å². The molecule has 0 aliphatic heterocycles. The summed E-state index contributed by atoms with van der Waals surface area (Å²) in [6.07, 6.45) is 5.84. The van der Waals surface area contributed by atoms with E-state index in [1.807, 2.05) is 34.6 Å². The summed E-state index contributed by atoms with van der Waals surface area (Å²) in [4.78, 5) is 20.2. The van der Waals surface area contributed by atoms with Crippen LogP contribution >= 0.6 is 0 Å². The van der Waals surface area contributed by atoms with Crippen molar-refractivity contribution in [3.8, 4) is 0 Å². The molecule has 3 N–H and O–H groups in total. The van der Waals surface area contributed by atoms with E-state index in [-0.39, 0.29) is 17.6 Å². The van der Waals surface area contributed by atoms with Crippen molar-refractivity contribution < 1.29 is 14.5 Å². The van der Waals surface area contributed by atoms with E-state index in [1.165, 1.54) is 19.3 Å². The number of carbonyl (C=O) groups is 1. The van der Waals surface area contributed by atoms with E-state index < -0.39 is 5.60 Å². The Morgan fingerprint density at radius 3 is 1.69 bits per heavy atom. The second-order valence-electron chi connectivity index (χ2n) is 6.69. The van der Waals surface area contributed by atoms with Gasteiger partial charge in [-0.05, 0) is 46.6 Å². The summed E-state index contributed by atoms with van der Waals surface area (Å²) in [6.45, 7) is 17.5. The topological polar surface area (TPSA) is 107 Å². The van der Waals surface area contributed by atoms with E-state index in [9.17, 15) is 14.9 Å². The van der Waals surface area contributed by atoms with E-state index >= 15 is 0 Å². The van der Waals surface area contributed by atoms with Gasteiger partial charge in [0.15, 0.2) is 0 Å². The first-order valence-electron chi connectivity index (χ1n) is 9.84. The molecule has 1 amide bonds. The van der Waals surface area contributed by atoms with Crippen molar-refractivity contribution in [2.45, 2.75) is 99.5 Å². The van der Waals surface area contributed by atoms with Gasteiger partial charge in [-0.2, -0.15) is 0 Å². The van der Waals surface area contributed by atoms with Crippen LogP contribution in [0.25, 0.3) is 0 Å². The average molecular weight is 380 g/mol. The molecule has 160 valence electrons. The lowest BCUT2D eigenvalue weighted by atomic mass is 10.2. The van der Waals surface area contributed by atoms with Crippen LogP contribution < -0.4 is 11.1 Å². The lowest BCUT2D eigenvalue weighted by Crippen LogP contribution is -2.32. The number of nitrogens with one attached hydrogen (secondary N) is 1. The van der Waals surface area contributed by atoms with Crippen molar-refractivity contribution >= 4 is 6.09 Å². The number of nitrogens with zero attached hydrogens (tertiary/aromatic N) is 1. The van der Waals surface area contributed by atoms with Crippen molar-refractivity contribution in [2.24, 2.45) is 5.73 Å². The zero-order valence-corrected chi connectivity index (χ0v) is 18.5. The number of nitro groups is 1. The van der Waals surface area contributed by atoms with Crippen LogP contribution in [0.3, 0.4) is 0 Å². The minimum Gasteiger partial charge on any atom is -0.444 e. The number of amides is 1. The Bertz CT molecular complexity index is 291. The molecular formula is C19H45N3O4. The summed E-state index contributed by atoms with van der Waals surface area (Å²) in [5, 5.41) is 12.2. The first-order chi connectivity index (χ1) is 12.1.